The summed E-state index contributed by atoms with van der Waals surface area (Å²) in [6, 6.07) is 0. The van der Waals surface area contributed by atoms with Gasteiger partial charge >= 0.3 is 5.97 Å². The summed E-state index contributed by atoms with van der Waals surface area (Å²) in [5.74, 6) is 0.644. The van der Waals surface area contributed by atoms with Crippen molar-refractivity contribution in [3.63, 3.8) is 0 Å². The lowest BCUT2D eigenvalue weighted by atomic mass is 9.48. The predicted octanol–water partition coefficient (Wildman–Crippen LogP) is 7.06. The smallest absolute Gasteiger partial charge is 0.311 e. The molecule has 25 heavy (non-hydrogen) atoms. The first-order chi connectivity index (χ1) is 11.6. The van der Waals surface area contributed by atoms with Gasteiger partial charge in [-0.05, 0) is 33.1 Å². The normalized spacial score (nSPS) is 12.5. The molecule has 0 aliphatic carbocycles. The highest BCUT2D eigenvalue weighted by atomic mass is 16.5. The molecule has 147 valence electrons. The monoisotopic (exact) mass is 351 g/mol. The van der Waals surface area contributed by atoms with Gasteiger partial charge in [-0.2, -0.15) is 0 Å². The molecule has 0 aliphatic rings. The Kier molecular flexibility index (Phi) is 12.6. The van der Waals surface area contributed by atoms with Crippen LogP contribution in [0.15, 0.2) is 0 Å². The molecule has 0 rings (SSSR count). The van der Waals surface area contributed by atoms with E-state index in [4.69, 9.17) is 4.74 Å². The summed E-state index contributed by atoms with van der Waals surface area (Å²) >= 11 is 0. The van der Waals surface area contributed by atoms with E-state index in [0.29, 0.717) is 11.9 Å². The van der Waals surface area contributed by atoms with Crippen LogP contribution in [-0.2, 0) is 9.53 Å². The molecule has 2 nitrogen and oxygen atoms in total. The number of rotatable bonds is 14. The van der Waals surface area contributed by atoms with Crippen LogP contribution in [-0.4, -0.2) is 19.9 Å². The van der Waals surface area contributed by atoms with Crippen molar-refractivity contribution in [2.24, 2.45) is 11.3 Å². The van der Waals surface area contributed by atoms with Gasteiger partial charge in [0.25, 0.3) is 0 Å². The van der Waals surface area contributed by atoms with Gasteiger partial charge in [-0.25, -0.2) is 0 Å². The van der Waals surface area contributed by atoms with Crippen molar-refractivity contribution in [1.82, 2.24) is 0 Å². The molecule has 1 radical (unpaired) electrons. The van der Waals surface area contributed by atoms with Crippen LogP contribution >= 0.6 is 0 Å². The molecule has 0 unspecified atom stereocenters. The summed E-state index contributed by atoms with van der Waals surface area (Å²) in [7, 11) is 2.52. The van der Waals surface area contributed by atoms with Crippen LogP contribution in [0.25, 0.3) is 0 Å². The standard InChI is InChI=1S/C22H44BO2/c1-19(2)22(6,7)23-17-15-13-11-9-8-10-12-14-16-18-25-20(24)21(3,4)5/h19H,8-18H2,1-7H3. The molecule has 0 saturated carbocycles. The van der Waals surface area contributed by atoms with Crippen LogP contribution in [0.5, 0.6) is 0 Å². The molecule has 0 fully saturated rings. The average Bonchev–Trinajstić information content (AvgIpc) is 2.50. The maximum atomic E-state index is 11.6. The molecule has 0 aromatic carbocycles. The Hall–Kier alpha value is -0.465. The van der Waals surface area contributed by atoms with E-state index in [1.54, 1.807) is 0 Å². The third-order valence-corrected chi connectivity index (χ3v) is 5.35. The number of ether oxygens (including phenoxy) is 1. The number of hydrogen-bond acceptors (Lipinski definition) is 2. The van der Waals surface area contributed by atoms with E-state index in [9.17, 15) is 4.79 Å². The fourth-order valence-corrected chi connectivity index (χ4v) is 2.57. The first kappa shape index (κ1) is 24.5. The molecule has 0 N–H and O–H groups in total. The van der Waals surface area contributed by atoms with E-state index in [1.165, 1.54) is 57.7 Å². The highest BCUT2D eigenvalue weighted by Crippen LogP contribution is 2.34. The van der Waals surface area contributed by atoms with Crippen molar-refractivity contribution >= 4 is 13.2 Å². The van der Waals surface area contributed by atoms with Crippen molar-refractivity contribution in [3.8, 4) is 0 Å². The third kappa shape index (κ3) is 13.4. The van der Waals surface area contributed by atoms with Crippen molar-refractivity contribution in [3.05, 3.63) is 0 Å². The van der Waals surface area contributed by atoms with Gasteiger partial charge in [0.15, 0.2) is 0 Å². The van der Waals surface area contributed by atoms with Gasteiger partial charge in [0.05, 0.1) is 12.0 Å². The zero-order valence-electron chi connectivity index (χ0n) is 18.2. The number of hydrogen-bond donors (Lipinski definition) is 0. The lowest BCUT2D eigenvalue weighted by Crippen LogP contribution is -2.23. The first-order valence-electron chi connectivity index (χ1n) is 10.6. The lowest BCUT2D eigenvalue weighted by molar-refractivity contribution is -0.153. The number of esters is 1. The minimum atomic E-state index is -0.373. The van der Waals surface area contributed by atoms with Crippen LogP contribution in [0, 0.1) is 11.3 Å². The fraction of sp³-hybridized carbons (Fsp3) is 0.955. The van der Waals surface area contributed by atoms with Crippen molar-refractivity contribution in [1.29, 1.82) is 0 Å². The fourth-order valence-electron chi connectivity index (χ4n) is 2.57. The molecule has 0 aromatic heterocycles. The molecular formula is C22H44BO2. The topological polar surface area (TPSA) is 26.3 Å². The van der Waals surface area contributed by atoms with Crippen molar-refractivity contribution in [2.75, 3.05) is 6.61 Å². The Balaban J connectivity index is 3.31. The van der Waals surface area contributed by atoms with Gasteiger partial charge in [0, 0.05) is 0 Å². The summed E-state index contributed by atoms with van der Waals surface area (Å²) in [4.78, 5) is 11.6. The molecule has 0 aliphatic heterocycles. The third-order valence-electron chi connectivity index (χ3n) is 5.35. The van der Waals surface area contributed by atoms with Crippen LogP contribution in [0.3, 0.4) is 0 Å². The first-order valence-corrected chi connectivity index (χ1v) is 10.6. The van der Waals surface area contributed by atoms with Crippen molar-refractivity contribution in [2.45, 2.75) is 118 Å². The Morgan fingerprint density at radius 3 is 1.68 bits per heavy atom. The quantitative estimate of drug-likeness (QED) is 0.190. The summed E-state index contributed by atoms with van der Waals surface area (Å²) in [5, 5.41) is 0.376. The second kappa shape index (κ2) is 12.8. The Morgan fingerprint density at radius 1 is 0.800 bits per heavy atom. The van der Waals surface area contributed by atoms with Gasteiger partial charge in [-0.1, -0.05) is 90.7 Å². The Labute approximate surface area is 159 Å². The lowest BCUT2D eigenvalue weighted by Gasteiger charge is -2.28. The summed E-state index contributed by atoms with van der Waals surface area (Å²) in [5.41, 5.74) is -0.373. The molecule has 0 atom stereocenters. The van der Waals surface area contributed by atoms with Crippen molar-refractivity contribution < 1.29 is 9.53 Å². The molecule has 3 heteroatoms. The van der Waals surface area contributed by atoms with Gasteiger partial charge in [-0.15, -0.1) is 0 Å². The SMILES string of the molecule is CC(C)C(C)(C)[B]CCCCCCCCCCCOC(=O)C(C)(C)C. The van der Waals surface area contributed by atoms with E-state index in [1.807, 2.05) is 20.8 Å². The average molecular weight is 351 g/mol. The minimum Gasteiger partial charge on any atom is -0.465 e. The minimum absolute atomic E-state index is 0.0819. The van der Waals surface area contributed by atoms with E-state index in [-0.39, 0.29) is 11.4 Å². The zero-order chi connectivity index (χ0) is 19.3. The van der Waals surface area contributed by atoms with E-state index in [0.717, 1.165) is 12.3 Å². The zero-order valence-corrected chi connectivity index (χ0v) is 18.2. The van der Waals surface area contributed by atoms with Gasteiger partial charge in [0.2, 0.25) is 0 Å². The second-order valence-electron chi connectivity index (χ2n) is 9.54. The van der Waals surface area contributed by atoms with E-state index >= 15 is 0 Å². The van der Waals surface area contributed by atoms with Crippen LogP contribution in [0.4, 0.5) is 0 Å². The maximum absolute atomic E-state index is 11.6. The number of unbranched alkanes of at least 4 members (excludes halogenated alkanes) is 8. The van der Waals surface area contributed by atoms with E-state index in [2.05, 4.69) is 35.0 Å². The molecule has 0 spiro atoms. The molecule has 0 aromatic rings. The Morgan fingerprint density at radius 2 is 1.24 bits per heavy atom. The molecule has 0 saturated heterocycles. The second-order valence-corrected chi connectivity index (χ2v) is 9.54. The summed E-state index contributed by atoms with van der Waals surface area (Å²) < 4.78 is 5.29. The summed E-state index contributed by atoms with van der Waals surface area (Å²) in [6.07, 6.45) is 12.8. The van der Waals surface area contributed by atoms with Crippen LogP contribution in [0.1, 0.15) is 106 Å². The number of carbonyl (C=O) groups excluding carboxylic acids is 1. The van der Waals surface area contributed by atoms with Gasteiger partial charge < -0.3 is 4.74 Å². The molecule has 0 heterocycles. The van der Waals surface area contributed by atoms with E-state index < -0.39 is 0 Å². The van der Waals surface area contributed by atoms with Crippen LogP contribution < -0.4 is 0 Å². The molecular weight excluding hydrogens is 307 g/mol. The maximum Gasteiger partial charge on any atom is 0.311 e. The summed E-state index contributed by atoms with van der Waals surface area (Å²) in [6.45, 7) is 15.6. The van der Waals surface area contributed by atoms with Gasteiger partial charge in [-0.3, -0.25) is 4.79 Å². The predicted molar refractivity (Wildman–Crippen MR) is 111 cm³/mol. The molecule has 0 amide bonds. The highest BCUT2D eigenvalue weighted by Gasteiger charge is 2.23. The molecule has 0 bridgehead atoms. The Bertz CT molecular complexity index is 342. The highest BCUT2D eigenvalue weighted by molar-refractivity contribution is 6.39. The van der Waals surface area contributed by atoms with Crippen LogP contribution in [0.2, 0.25) is 11.6 Å². The van der Waals surface area contributed by atoms with Gasteiger partial charge in [0.1, 0.15) is 7.28 Å². The number of carbonyl (C=O) groups is 1. The largest absolute Gasteiger partial charge is 0.465 e.